The van der Waals surface area contributed by atoms with Gasteiger partial charge in [-0.15, -0.1) is 0 Å². The zero-order valence-corrected chi connectivity index (χ0v) is 12.3. The zero-order valence-electron chi connectivity index (χ0n) is 10.7. The van der Waals surface area contributed by atoms with Crippen LogP contribution in [0, 0.1) is 0 Å². The van der Waals surface area contributed by atoms with Gasteiger partial charge in [0, 0.05) is 10.6 Å². The van der Waals surface area contributed by atoms with E-state index in [0.29, 0.717) is 10.7 Å². The molecule has 2 rings (SSSR count). The monoisotopic (exact) mass is 325 g/mol. The average molecular weight is 326 g/mol. The van der Waals surface area contributed by atoms with Gasteiger partial charge in [0.2, 0.25) is 5.91 Å². The summed E-state index contributed by atoms with van der Waals surface area (Å²) >= 11 is 5.80. The Kier molecular flexibility index (Phi) is 4.06. The molecule has 0 bridgehead atoms. The molecule has 8 heteroatoms. The number of hydrogen-bond donors (Lipinski definition) is 3. The number of sulfonamides is 1. The molecule has 2 aromatic rings. The molecule has 0 fully saturated rings. The van der Waals surface area contributed by atoms with Crippen LogP contribution in [-0.4, -0.2) is 14.3 Å². The Labute approximate surface area is 126 Å². The first kappa shape index (κ1) is 15.1. The summed E-state index contributed by atoms with van der Waals surface area (Å²) in [5.74, 6) is -0.687. The lowest BCUT2D eigenvalue weighted by Gasteiger charge is -2.11. The molecule has 0 aliphatic rings. The molecule has 0 aliphatic carbocycles. The van der Waals surface area contributed by atoms with Gasteiger partial charge in [-0.1, -0.05) is 17.7 Å². The molecule has 0 heterocycles. The summed E-state index contributed by atoms with van der Waals surface area (Å²) in [6, 6.07) is 9.99. The highest BCUT2D eigenvalue weighted by atomic mass is 35.5. The number of carbonyl (C=O) groups excluding carboxylic acids is 1. The van der Waals surface area contributed by atoms with Crippen molar-refractivity contribution in [3.63, 3.8) is 0 Å². The molecule has 110 valence electrons. The van der Waals surface area contributed by atoms with Crippen LogP contribution in [0.5, 0.6) is 0 Å². The van der Waals surface area contributed by atoms with E-state index in [0.717, 1.165) is 0 Å². The summed E-state index contributed by atoms with van der Waals surface area (Å²) in [4.78, 5) is 10.9. The largest absolute Gasteiger partial charge is 0.398 e. The molecule has 0 radical (unpaired) electrons. The number of benzene rings is 2. The molecule has 0 atom stereocenters. The van der Waals surface area contributed by atoms with Crippen LogP contribution >= 0.6 is 11.6 Å². The first-order valence-electron chi connectivity index (χ1n) is 5.77. The van der Waals surface area contributed by atoms with E-state index in [4.69, 9.17) is 23.1 Å². The summed E-state index contributed by atoms with van der Waals surface area (Å²) in [5.41, 5.74) is 11.2. The topological polar surface area (TPSA) is 115 Å². The number of rotatable bonds is 4. The van der Waals surface area contributed by atoms with E-state index in [2.05, 4.69) is 4.72 Å². The van der Waals surface area contributed by atoms with E-state index < -0.39 is 15.9 Å². The Balaban J connectivity index is 2.38. The molecule has 6 nitrogen and oxygen atoms in total. The second kappa shape index (κ2) is 5.63. The first-order chi connectivity index (χ1) is 9.79. The predicted octanol–water partition coefficient (Wildman–Crippen LogP) is 1.82. The van der Waals surface area contributed by atoms with Crippen LogP contribution < -0.4 is 16.2 Å². The number of halogens is 1. The number of nitrogens with two attached hydrogens (primary N) is 2. The number of anilines is 2. The Bertz CT molecular complexity index is 806. The van der Waals surface area contributed by atoms with E-state index in [1.165, 1.54) is 24.3 Å². The minimum atomic E-state index is -3.89. The van der Waals surface area contributed by atoms with Crippen molar-refractivity contribution in [3.8, 4) is 0 Å². The maximum absolute atomic E-state index is 12.3. The van der Waals surface area contributed by atoms with E-state index in [1.54, 1.807) is 18.2 Å². The first-order valence-corrected chi connectivity index (χ1v) is 7.63. The SMILES string of the molecule is NC(=O)c1ccc(S(=O)(=O)Nc2cccc(Cl)c2)c(N)c1. The van der Waals surface area contributed by atoms with Gasteiger partial charge < -0.3 is 11.5 Å². The lowest BCUT2D eigenvalue weighted by atomic mass is 10.2. The van der Waals surface area contributed by atoms with Gasteiger partial charge in [-0.3, -0.25) is 9.52 Å². The van der Waals surface area contributed by atoms with Crippen molar-refractivity contribution >= 4 is 38.9 Å². The van der Waals surface area contributed by atoms with E-state index in [9.17, 15) is 13.2 Å². The molecule has 0 spiro atoms. The number of nitrogen functional groups attached to an aromatic ring is 1. The molecule has 2 aromatic carbocycles. The van der Waals surface area contributed by atoms with E-state index in [1.807, 2.05) is 0 Å². The number of amides is 1. The Hall–Kier alpha value is -2.25. The van der Waals surface area contributed by atoms with Crippen LogP contribution in [0.25, 0.3) is 0 Å². The molecular weight excluding hydrogens is 314 g/mol. The summed E-state index contributed by atoms with van der Waals surface area (Å²) in [5, 5.41) is 0.396. The van der Waals surface area contributed by atoms with Gasteiger partial charge in [-0.05, 0) is 36.4 Å². The van der Waals surface area contributed by atoms with Gasteiger partial charge in [-0.2, -0.15) is 0 Å². The van der Waals surface area contributed by atoms with Gasteiger partial charge in [0.25, 0.3) is 10.0 Å². The summed E-state index contributed by atoms with van der Waals surface area (Å²) in [6.45, 7) is 0. The fourth-order valence-corrected chi connectivity index (χ4v) is 3.06. The summed E-state index contributed by atoms with van der Waals surface area (Å²) in [7, 11) is -3.89. The standard InChI is InChI=1S/C13H12ClN3O3S/c14-9-2-1-3-10(7-9)17-21(19,20)12-5-4-8(13(16)18)6-11(12)15/h1-7,17H,15H2,(H2,16,18). The summed E-state index contributed by atoms with van der Waals surface area (Å²) in [6.07, 6.45) is 0. The fraction of sp³-hybridized carbons (Fsp3) is 0. The zero-order chi connectivity index (χ0) is 15.6. The third-order valence-corrected chi connectivity index (χ3v) is 4.35. The average Bonchev–Trinajstić information content (AvgIpc) is 2.37. The van der Waals surface area contributed by atoms with Crippen molar-refractivity contribution in [2.24, 2.45) is 5.73 Å². The third kappa shape index (κ3) is 3.45. The minimum absolute atomic E-state index is 0.0687. The highest BCUT2D eigenvalue weighted by Crippen LogP contribution is 2.24. The van der Waals surface area contributed by atoms with Crippen molar-refractivity contribution in [1.82, 2.24) is 0 Å². The second-order valence-corrected chi connectivity index (χ2v) is 6.32. The number of hydrogen-bond acceptors (Lipinski definition) is 4. The van der Waals surface area contributed by atoms with Crippen LogP contribution in [0.1, 0.15) is 10.4 Å². The van der Waals surface area contributed by atoms with Gasteiger partial charge in [-0.25, -0.2) is 8.42 Å². The van der Waals surface area contributed by atoms with Crippen LogP contribution in [-0.2, 0) is 10.0 Å². The van der Waals surface area contributed by atoms with Crippen LogP contribution in [0.3, 0.4) is 0 Å². The molecule has 1 amide bonds. The second-order valence-electron chi connectivity index (χ2n) is 4.23. The van der Waals surface area contributed by atoms with Crippen molar-refractivity contribution in [2.45, 2.75) is 4.90 Å². The fourth-order valence-electron chi connectivity index (χ4n) is 1.71. The summed E-state index contributed by atoms with van der Waals surface area (Å²) < 4.78 is 26.9. The smallest absolute Gasteiger partial charge is 0.263 e. The molecule has 0 saturated heterocycles. The van der Waals surface area contributed by atoms with Gasteiger partial charge in [0.15, 0.2) is 0 Å². The van der Waals surface area contributed by atoms with Gasteiger partial charge in [0.05, 0.1) is 11.4 Å². The Morgan fingerprint density at radius 2 is 1.86 bits per heavy atom. The maximum Gasteiger partial charge on any atom is 0.263 e. The highest BCUT2D eigenvalue weighted by molar-refractivity contribution is 7.92. The van der Waals surface area contributed by atoms with Crippen molar-refractivity contribution in [1.29, 1.82) is 0 Å². The molecule has 0 aliphatic heterocycles. The van der Waals surface area contributed by atoms with E-state index in [-0.39, 0.29) is 16.1 Å². The third-order valence-electron chi connectivity index (χ3n) is 2.66. The lowest BCUT2D eigenvalue weighted by Crippen LogP contribution is -2.16. The predicted molar refractivity (Wildman–Crippen MR) is 81.6 cm³/mol. The van der Waals surface area contributed by atoms with E-state index >= 15 is 0 Å². The van der Waals surface area contributed by atoms with Gasteiger partial charge >= 0.3 is 0 Å². The molecule has 0 unspecified atom stereocenters. The van der Waals surface area contributed by atoms with Crippen molar-refractivity contribution in [2.75, 3.05) is 10.5 Å². The van der Waals surface area contributed by atoms with Crippen LogP contribution in [0.4, 0.5) is 11.4 Å². The number of primary amides is 1. The van der Waals surface area contributed by atoms with Gasteiger partial charge in [0.1, 0.15) is 4.90 Å². The molecular formula is C13H12ClN3O3S. The lowest BCUT2D eigenvalue weighted by molar-refractivity contribution is 0.1000. The van der Waals surface area contributed by atoms with Crippen molar-refractivity contribution < 1.29 is 13.2 Å². The Morgan fingerprint density at radius 1 is 1.14 bits per heavy atom. The highest BCUT2D eigenvalue weighted by Gasteiger charge is 2.18. The molecule has 21 heavy (non-hydrogen) atoms. The van der Waals surface area contributed by atoms with Crippen LogP contribution in [0.2, 0.25) is 5.02 Å². The quantitative estimate of drug-likeness (QED) is 0.743. The maximum atomic E-state index is 12.3. The number of carbonyl (C=O) groups is 1. The molecule has 0 saturated carbocycles. The minimum Gasteiger partial charge on any atom is -0.398 e. The number of nitrogens with one attached hydrogen (secondary N) is 1. The Morgan fingerprint density at radius 3 is 2.43 bits per heavy atom. The van der Waals surface area contributed by atoms with Crippen LogP contribution in [0.15, 0.2) is 47.4 Å². The molecule has 5 N–H and O–H groups in total. The normalized spacial score (nSPS) is 11.1. The molecule has 0 aromatic heterocycles. The van der Waals surface area contributed by atoms with Crippen molar-refractivity contribution in [3.05, 3.63) is 53.1 Å².